The number of nitrogens with one attached hydrogen (secondary N) is 2. The number of ether oxygens (including phenoxy) is 1. The van der Waals surface area contributed by atoms with E-state index in [9.17, 15) is 13.2 Å². The van der Waals surface area contributed by atoms with Gasteiger partial charge in [-0.15, -0.1) is 0 Å². The Morgan fingerprint density at radius 3 is 2.76 bits per heavy atom. The highest BCUT2D eigenvalue weighted by atomic mass is 32.2. The summed E-state index contributed by atoms with van der Waals surface area (Å²) in [5.74, 6) is 2.08. The molecule has 2 saturated carbocycles. The van der Waals surface area contributed by atoms with E-state index in [1.165, 1.54) is 31.4 Å². The van der Waals surface area contributed by atoms with Crippen molar-refractivity contribution in [2.45, 2.75) is 56.6 Å². The normalized spacial score (nSPS) is 32.0. The molecule has 3 aliphatic rings. The maximum absolute atomic E-state index is 12.8. The van der Waals surface area contributed by atoms with E-state index in [2.05, 4.69) is 10.0 Å². The number of benzene rings is 1. The zero-order valence-electron chi connectivity index (χ0n) is 14.5. The van der Waals surface area contributed by atoms with Crippen LogP contribution in [0.15, 0.2) is 23.1 Å². The lowest BCUT2D eigenvalue weighted by atomic mass is 9.84. The van der Waals surface area contributed by atoms with Crippen LogP contribution in [-0.4, -0.2) is 26.5 Å². The number of anilines is 1. The second-order valence-corrected chi connectivity index (χ2v) is 9.37. The van der Waals surface area contributed by atoms with Gasteiger partial charge in [0.1, 0.15) is 5.75 Å². The van der Waals surface area contributed by atoms with Gasteiger partial charge in [-0.2, -0.15) is 0 Å². The number of hydrogen-bond donors (Lipinski definition) is 2. The van der Waals surface area contributed by atoms with Gasteiger partial charge in [0, 0.05) is 6.04 Å². The summed E-state index contributed by atoms with van der Waals surface area (Å²) in [4.78, 5) is 11.9. The zero-order chi connectivity index (χ0) is 17.8. The summed E-state index contributed by atoms with van der Waals surface area (Å²) in [7, 11) is -3.64. The topological polar surface area (TPSA) is 84.5 Å². The van der Waals surface area contributed by atoms with Crippen molar-refractivity contribution in [1.82, 2.24) is 4.72 Å². The number of rotatable bonds is 4. The van der Waals surface area contributed by atoms with E-state index in [1.54, 1.807) is 13.0 Å². The molecule has 1 aromatic rings. The number of carbonyl (C=O) groups excluding carboxylic acids is 1. The smallest absolute Gasteiger partial charge is 0.265 e. The van der Waals surface area contributed by atoms with Crippen LogP contribution in [0.25, 0.3) is 0 Å². The average molecular weight is 364 g/mol. The first-order valence-corrected chi connectivity index (χ1v) is 10.5. The first-order valence-electron chi connectivity index (χ1n) is 8.97. The summed E-state index contributed by atoms with van der Waals surface area (Å²) in [5.41, 5.74) is 0.401. The molecule has 1 aromatic carbocycles. The van der Waals surface area contributed by atoms with Crippen LogP contribution in [-0.2, 0) is 14.8 Å². The third kappa shape index (κ3) is 3.04. The van der Waals surface area contributed by atoms with Crippen LogP contribution in [0.1, 0.15) is 39.5 Å². The molecule has 2 aliphatic carbocycles. The SMILES string of the molecule is C[C@@H]1Oc2ccc(S(=O)(=O)N[C@H](C)[C@@H]3C[C@H]4CC[C@H]3C4)cc2NC1=O. The van der Waals surface area contributed by atoms with Crippen LogP contribution in [0.3, 0.4) is 0 Å². The number of amides is 1. The first-order chi connectivity index (χ1) is 11.8. The van der Waals surface area contributed by atoms with Gasteiger partial charge < -0.3 is 10.1 Å². The Morgan fingerprint density at radius 2 is 2.08 bits per heavy atom. The predicted molar refractivity (Wildman–Crippen MR) is 93.9 cm³/mol. The van der Waals surface area contributed by atoms with E-state index < -0.39 is 16.1 Å². The third-order valence-electron chi connectivity index (χ3n) is 5.97. The maximum Gasteiger partial charge on any atom is 0.265 e. The molecule has 2 N–H and O–H groups in total. The minimum absolute atomic E-state index is 0.0813. The minimum Gasteiger partial charge on any atom is -0.479 e. The van der Waals surface area contributed by atoms with E-state index in [4.69, 9.17) is 4.74 Å². The number of sulfonamides is 1. The summed E-state index contributed by atoms with van der Waals surface area (Å²) >= 11 is 0. The Morgan fingerprint density at radius 1 is 1.28 bits per heavy atom. The molecular weight excluding hydrogens is 340 g/mol. The second kappa shape index (κ2) is 5.99. The molecule has 0 radical (unpaired) electrons. The number of fused-ring (bicyclic) bond motifs is 3. The molecule has 7 heteroatoms. The summed E-state index contributed by atoms with van der Waals surface area (Å²) in [6.45, 7) is 3.62. The molecule has 4 rings (SSSR count). The fourth-order valence-corrected chi connectivity index (χ4v) is 5.98. The van der Waals surface area contributed by atoms with Crippen molar-refractivity contribution < 1.29 is 17.9 Å². The van der Waals surface area contributed by atoms with Gasteiger partial charge >= 0.3 is 0 Å². The van der Waals surface area contributed by atoms with Crippen molar-refractivity contribution in [2.75, 3.05) is 5.32 Å². The minimum atomic E-state index is -3.64. The van der Waals surface area contributed by atoms with Gasteiger partial charge in [-0.1, -0.05) is 6.42 Å². The molecule has 1 heterocycles. The van der Waals surface area contributed by atoms with Crippen LogP contribution in [0.2, 0.25) is 0 Å². The lowest BCUT2D eigenvalue weighted by molar-refractivity contribution is -0.122. The highest BCUT2D eigenvalue weighted by molar-refractivity contribution is 7.89. The lowest BCUT2D eigenvalue weighted by Crippen LogP contribution is -2.40. The van der Waals surface area contributed by atoms with Crippen LogP contribution in [0.5, 0.6) is 5.75 Å². The van der Waals surface area contributed by atoms with Crippen molar-refractivity contribution in [3.05, 3.63) is 18.2 Å². The van der Waals surface area contributed by atoms with Crippen molar-refractivity contribution in [1.29, 1.82) is 0 Å². The van der Waals surface area contributed by atoms with Crippen molar-refractivity contribution in [3.8, 4) is 5.75 Å². The fraction of sp³-hybridized carbons (Fsp3) is 0.611. The second-order valence-electron chi connectivity index (χ2n) is 7.66. The summed E-state index contributed by atoms with van der Waals surface area (Å²) < 4.78 is 33.9. The van der Waals surface area contributed by atoms with Crippen LogP contribution in [0, 0.1) is 17.8 Å². The van der Waals surface area contributed by atoms with E-state index >= 15 is 0 Å². The van der Waals surface area contributed by atoms with Crippen LogP contribution in [0.4, 0.5) is 5.69 Å². The lowest BCUT2D eigenvalue weighted by Gasteiger charge is -2.28. The zero-order valence-corrected chi connectivity index (χ0v) is 15.3. The number of hydrogen-bond acceptors (Lipinski definition) is 4. The van der Waals surface area contributed by atoms with E-state index in [1.807, 2.05) is 6.92 Å². The molecule has 1 amide bonds. The van der Waals surface area contributed by atoms with Crippen LogP contribution >= 0.6 is 0 Å². The third-order valence-corrected chi connectivity index (χ3v) is 7.52. The largest absolute Gasteiger partial charge is 0.479 e. The Bertz CT molecular complexity index is 807. The molecule has 0 unspecified atom stereocenters. The monoisotopic (exact) mass is 364 g/mol. The van der Waals surface area contributed by atoms with Gasteiger partial charge in [-0.3, -0.25) is 4.79 Å². The highest BCUT2D eigenvalue weighted by Gasteiger charge is 2.42. The van der Waals surface area contributed by atoms with Crippen molar-refractivity contribution in [3.63, 3.8) is 0 Å². The van der Waals surface area contributed by atoms with Gasteiger partial charge in [0.2, 0.25) is 10.0 Å². The summed E-state index contributed by atoms with van der Waals surface area (Å²) in [6.07, 6.45) is 4.31. The summed E-state index contributed by atoms with van der Waals surface area (Å²) in [5, 5.41) is 2.70. The van der Waals surface area contributed by atoms with E-state index in [0.29, 0.717) is 23.3 Å². The van der Waals surface area contributed by atoms with Crippen LogP contribution < -0.4 is 14.8 Å². The fourth-order valence-electron chi connectivity index (χ4n) is 4.66. The van der Waals surface area contributed by atoms with Gasteiger partial charge in [-0.25, -0.2) is 13.1 Å². The predicted octanol–water partition coefficient (Wildman–Crippen LogP) is 2.51. The van der Waals surface area contributed by atoms with Crippen molar-refractivity contribution >= 4 is 21.6 Å². The standard InChI is InChI=1S/C18H24N2O4S/c1-10(15-8-12-3-4-13(15)7-12)20-25(22,23)14-5-6-17-16(9-14)19-18(21)11(2)24-17/h5-6,9-13,15,20H,3-4,7-8H2,1-2H3,(H,19,21)/t10-,11+,12+,13+,15+/m1/s1. The van der Waals surface area contributed by atoms with Crippen molar-refractivity contribution in [2.24, 2.45) is 17.8 Å². The molecule has 1 aliphatic heterocycles. The van der Waals surface area contributed by atoms with Gasteiger partial charge in [0.25, 0.3) is 5.91 Å². The molecule has 2 bridgehead atoms. The first kappa shape index (κ1) is 16.8. The Labute approximate surface area is 148 Å². The molecule has 0 saturated heterocycles. The molecule has 0 aromatic heterocycles. The molecule has 5 atom stereocenters. The Balaban J connectivity index is 1.52. The quantitative estimate of drug-likeness (QED) is 0.860. The van der Waals surface area contributed by atoms with E-state index in [-0.39, 0.29) is 16.8 Å². The molecular formula is C18H24N2O4S. The van der Waals surface area contributed by atoms with Gasteiger partial charge in [0.15, 0.2) is 6.10 Å². The van der Waals surface area contributed by atoms with Gasteiger partial charge in [-0.05, 0) is 69.1 Å². The maximum atomic E-state index is 12.8. The van der Waals surface area contributed by atoms with Gasteiger partial charge in [0.05, 0.1) is 10.6 Å². The molecule has 0 spiro atoms. The molecule has 6 nitrogen and oxygen atoms in total. The summed E-state index contributed by atoms with van der Waals surface area (Å²) in [6, 6.07) is 4.51. The number of carbonyl (C=O) groups is 1. The Kier molecular flexibility index (Phi) is 4.03. The molecule has 25 heavy (non-hydrogen) atoms. The molecule has 136 valence electrons. The highest BCUT2D eigenvalue weighted by Crippen LogP contribution is 2.49. The average Bonchev–Trinajstić information content (AvgIpc) is 3.18. The van der Waals surface area contributed by atoms with E-state index in [0.717, 1.165) is 12.3 Å². The molecule has 2 fully saturated rings. The Hall–Kier alpha value is -1.60.